The largest absolute Gasteiger partial charge is 0.481 e. The molecule has 0 aliphatic carbocycles. The number of hydrogen-bond donors (Lipinski definition) is 1. The van der Waals surface area contributed by atoms with E-state index in [-0.39, 0.29) is 23.8 Å². The highest BCUT2D eigenvalue weighted by Gasteiger charge is 2.54. The van der Waals surface area contributed by atoms with E-state index in [4.69, 9.17) is 4.74 Å². The molecule has 2 unspecified atom stereocenters. The Morgan fingerprint density at radius 3 is 2.68 bits per heavy atom. The molecule has 0 spiro atoms. The fraction of sp³-hybridized carbons (Fsp3) is 0.600. The summed E-state index contributed by atoms with van der Waals surface area (Å²) in [7, 11) is 1.53. The maximum atomic E-state index is 13.5. The van der Waals surface area contributed by atoms with Gasteiger partial charge in [0, 0.05) is 50.9 Å². The van der Waals surface area contributed by atoms with Gasteiger partial charge in [-0.1, -0.05) is 0 Å². The van der Waals surface area contributed by atoms with Crippen LogP contribution in [0.4, 0.5) is 0 Å². The summed E-state index contributed by atoms with van der Waals surface area (Å²) in [6.07, 6.45) is 4.93. The molecular weight excluding hydrogens is 360 g/mol. The van der Waals surface area contributed by atoms with Crippen LogP contribution >= 0.6 is 0 Å². The van der Waals surface area contributed by atoms with Crippen molar-refractivity contribution in [2.45, 2.75) is 38.1 Å². The molecule has 0 bridgehead atoms. The number of likely N-dealkylation sites (tertiary alicyclic amines) is 2. The molecule has 3 aliphatic rings. The first-order chi connectivity index (χ1) is 13.5. The van der Waals surface area contributed by atoms with E-state index in [1.807, 2.05) is 4.90 Å². The molecular formula is C20H26N4O4. The number of methoxy groups -OCH3 is 1. The summed E-state index contributed by atoms with van der Waals surface area (Å²) in [6.45, 7) is 2.36. The molecule has 4 heterocycles. The smallest absolute Gasteiger partial charge is 0.255 e. The summed E-state index contributed by atoms with van der Waals surface area (Å²) in [5.74, 6) is 0.388. The molecule has 2 atom stereocenters. The lowest BCUT2D eigenvalue weighted by atomic mass is 9.69. The van der Waals surface area contributed by atoms with Crippen LogP contribution in [0.2, 0.25) is 0 Å². The summed E-state index contributed by atoms with van der Waals surface area (Å²) in [6, 6.07) is 3.14. The first-order valence-corrected chi connectivity index (χ1v) is 9.91. The second-order valence-electron chi connectivity index (χ2n) is 7.88. The molecule has 150 valence electrons. The van der Waals surface area contributed by atoms with Crippen molar-refractivity contribution in [1.29, 1.82) is 0 Å². The van der Waals surface area contributed by atoms with E-state index >= 15 is 0 Å². The molecule has 3 saturated heterocycles. The van der Waals surface area contributed by atoms with Gasteiger partial charge >= 0.3 is 0 Å². The minimum absolute atomic E-state index is 0.00558. The number of carbonyl (C=O) groups is 3. The van der Waals surface area contributed by atoms with Gasteiger partial charge in [0.15, 0.2) is 0 Å². The van der Waals surface area contributed by atoms with Crippen LogP contribution in [0.3, 0.4) is 0 Å². The molecule has 0 aromatic carbocycles. The van der Waals surface area contributed by atoms with Crippen LogP contribution in [0.25, 0.3) is 0 Å². The van der Waals surface area contributed by atoms with Crippen molar-refractivity contribution in [3.05, 3.63) is 23.9 Å². The Kier molecular flexibility index (Phi) is 4.95. The maximum absolute atomic E-state index is 13.5. The Labute approximate surface area is 164 Å². The molecule has 3 amide bonds. The fourth-order valence-corrected chi connectivity index (χ4v) is 4.70. The molecule has 0 saturated carbocycles. The minimum Gasteiger partial charge on any atom is -0.481 e. The average Bonchev–Trinajstić information content (AvgIpc) is 3.27. The third-order valence-electron chi connectivity index (χ3n) is 6.26. The van der Waals surface area contributed by atoms with E-state index in [0.717, 1.165) is 25.9 Å². The predicted molar refractivity (Wildman–Crippen MR) is 101 cm³/mol. The highest BCUT2D eigenvalue weighted by molar-refractivity contribution is 5.95. The molecule has 3 fully saturated rings. The second kappa shape index (κ2) is 7.41. The monoisotopic (exact) mass is 386 g/mol. The second-order valence-corrected chi connectivity index (χ2v) is 7.88. The topological polar surface area (TPSA) is 91.8 Å². The van der Waals surface area contributed by atoms with E-state index in [1.165, 1.54) is 13.3 Å². The Balaban J connectivity index is 1.58. The number of piperidine rings is 2. The van der Waals surface area contributed by atoms with Crippen LogP contribution in [0, 0.1) is 5.41 Å². The molecule has 4 rings (SSSR count). The van der Waals surface area contributed by atoms with Crippen molar-refractivity contribution in [3.63, 3.8) is 0 Å². The number of carbonyl (C=O) groups excluding carboxylic acids is 3. The van der Waals surface area contributed by atoms with Gasteiger partial charge in [-0.2, -0.15) is 0 Å². The third-order valence-corrected chi connectivity index (χ3v) is 6.26. The normalized spacial score (nSPS) is 27.2. The summed E-state index contributed by atoms with van der Waals surface area (Å²) in [4.78, 5) is 46.3. The van der Waals surface area contributed by atoms with E-state index in [1.54, 1.807) is 17.0 Å². The van der Waals surface area contributed by atoms with Crippen molar-refractivity contribution in [1.82, 2.24) is 20.1 Å². The highest BCUT2D eigenvalue weighted by Crippen LogP contribution is 2.40. The van der Waals surface area contributed by atoms with E-state index in [0.29, 0.717) is 43.8 Å². The standard InChI is InChI=1S/C20H26N4O4/c1-28-17-5-4-14(12-21-17)18(26)24-11-7-15-20(13-24,8-6-16(25)22-15)19(27)23-9-2-3-10-23/h4-5,12,15H,2-3,6-11,13H2,1H3,(H,22,25). The van der Waals surface area contributed by atoms with E-state index in [9.17, 15) is 14.4 Å². The van der Waals surface area contributed by atoms with Gasteiger partial charge < -0.3 is 19.9 Å². The number of amides is 3. The average molecular weight is 386 g/mol. The predicted octanol–water partition coefficient (Wildman–Crippen LogP) is 0.823. The molecule has 8 heteroatoms. The van der Waals surface area contributed by atoms with Crippen molar-refractivity contribution in [2.24, 2.45) is 5.41 Å². The number of nitrogens with one attached hydrogen (secondary N) is 1. The Morgan fingerprint density at radius 2 is 2.00 bits per heavy atom. The van der Waals surface area contributed by atoms with Gasteiger partial charge in [0.2, 0.25) is 17.7 Å². The molecule has 1 aromatic rings. The third kappa shape index (κ3) is 3.21. The number of nitrogens with zero attached hydrogens (tertiary/aromatic N) is 3. The van der Waals surface area contributed by atoms with Crippen LogP contribution in [0.5, 0.6) is 5.88 Å². The maximum Gasteiger partial charge on any atom is 0.255 e. The van der Waals surface area contributed by atoms with Gasteiger partial charge in [-0.25, -0.2) is 4.98 Å². The van der Waals surface area contributed by atoms with Crippen molar-refractivity contribution < 1.29 is 19.1 Å². The Bertz CT molecular complexity index is 775. The molecule has 28 heavy (non-hydrogen) atoms. The molecule has 8 nitrogen and oxygen atoms in total. The minimum atomic E-state index is -0.730. The first-order valence-electron chi connectivity index (χ1n) is 9.91. The van der Waals surface area contributed by atoms with Crippen molar-refractivity contribution >= 4 is 17.7 Å². The lowest BCUT2D eigenvalue weighted by Gasteiger charge is -2.50. The zero-order chi connectivity index (χ0) is 19.7. The van der Waals surface area contributed by atoms with Crippen LogP contribution in [-0.4, -0.2) is 71.8 Å². The zero-order valence-electron chi connectivity index (χ0n) is 16.1. The first kappa shape index (κ1) is 18.7. The Hall–Kier alpha value is -2.64. The van der Waals surface area contributed by atoms with Crippen molar-refractivity contribution in [2.75, 3.05) is 33.3 Å². The molecule has 3 aliphatic heterocycles. The van der Waals surface area contributed by atoms with Crippen LogP contribution in [-0.2, 0) is 9.59 Å². The van der Waals surface area contributed by atoms with Gasteiger partial charge in [-0.15, -0.1) is 0 Å². The Morgan fingerprint density at radius 1 is 1.21 bits per heavy atom. The molecule has 0 radical (unpaired) electrons. The van der Waals surface area contributed by atoms with Gasteiger partial charge in [-0.3, -0.25) is 14.4 Å². The number of aromatic nitrogens is 1. The van der Waals surface area contributed by atoms with Crippen LogP contribution in [0.15, 0.2) is 18.3 Å². The van der Waals surface area contributed by atoms with E-state index < -0.39 is 5.41 Å². The quantitative estimate of drug-likeness (QED) is 0.831. The summed E-state index contributed by atoms with van der Waals surface area (Å²) < 4.78 is 5.05. The SMILES string of the molecule is COc1ccc(C(=O)N2CCC3NC(=O)CCC3(C(=O)N3CCCC3)C2)cn1. The number of hydrogen-bond acceptors (Lipinski definition) is 5. The number of fused-ring (bicyclic) bond motifs is 1. The molecule has 1 N–H and O–H groups in total. The number of ether oxygens (including phenoxy) is 1. The lowest BCUT2D eigenvalue weighted by molar-refractivity contribution is -0.151. The molecule has 1 aromatic heterocycles. The van der Waals surface area contributed by atoms with Crippen LogP contribution < -0.4 is 10.1 Å². The van der Waals surface area contributed by atoms with E-state index in [2.05, 4.69) is 10.3 Å². The summed E-state index contributed by atoms with van der Waals surface area (Å²) >= 11 is 0. The number of pyridine rings is 1. The van der Waals surface area contributed by atoms with Gasteiger partial charge in [0.05, 0.1) is 18.1 Å². The summed E-state index contributed by atoms with van der Waals surface area (Å²) in [5.41, 5.74) is -0.255. The summed E-state index contributed by atoms with van der Waals surface area (Å²) in [5, 5.41) is 3.02. The lowest BCUT2D eigenvalue weighted by Crippen LogP contribution is -2.67. The van der Waals surface area contributed by atoms with Crippen LogP contribution in [0.1, 0.15) is 42.5 Å². The zero-order valence-corrected chi connectivity index (χ0v) is 16.1. The fourth-order valence-electron chi connectivity index (χ4n) is 4.70. The van der Waals surface area contributed by atoms with Crippen molar-refractivity contribution in [3.8, 4) is 5.88 Å². The van der Waals surface area contributed by atoms with Gasteiger partial charge in [0.1, 0.15) is 0 Å². The van der Waals surface area contributed by atoms with Gasteiger partial charge in [0.25, 0.3) is 5.91 Å². The number of rotatable bonds is 3. The highest BCUT2D eigenvalue weighted by atomic mass is 16.5. The van der Waals surface area contributed by atoms with Gasteiger partial charge in [-0.05, 0) is 31.7 Å².